The summed E-state index contributed by atoms with van der Waals surface area (Å²) in [5.41, 5.74) is 0.834. The maximum absolute atomic E-state index is 11.5. The standard InChI is InChI=1S/C10H8N6OS/c17-9-6-7-11-16(9)18-10-12-13-14-15(10)8-4-2-1-3-5-8/h1-5,7H,6H2. The number of rotatable bonds is 3. The second-order valence-electron chi connectivity index (χ2n) is 3.47. The molecule has 8 heteroatoms. The predicted molar refractivity (Wildman–Crippen MR) is 65.0 cm³/mol. The number of tetrazole rings is 1. The van der Waals surface area contributed by atoms with E-state index in [1.54, 1.807) is 10.9 Å². The van der Waals surface area contributed by atoms with E-state index in [4.69, 9.17) is 0 Å². The fourth-order valence-corrected chi connectivity index (χ4v) is 2.19. The zero-order valence-corrected chi connectivity index (χ0v) is 9.99. The van der Waals surface area contributed by atoms with Crippen LogP contribution >= 0.6 is 11.9 Å². The Kier molecular flexibility index (Phi) is 2.77. The van der Waals surface area contributed by atoms with Crippen molar-refractivity contribution >= 4 is 24.1 Å². The molecule has 18 heavy (non-hydrogen) atoms. The first kappa shape index (κ1) is 10.9. The Morgan fingerprint density at radius 3 is 2.78 bits per heavy atom. The number of hydrazone groups is 1. The molecule has 1 aromatic carbocycles. The molecule has 1 aliphatic heterocycles. The summed E-state index contributed by atoms with van der Waals surface area (Å²) in [6.45, 7) is 0. The zero-order valence-electron chi connectivity index (χ0n) is 9.17. The molecule has 0 aliphatic carbocycles. The first-order chi connectivity index (χ1) is 8.84. The van der Waals surface area contributed by atoms with Crippen LogP contribution in [0.2, 0.25) is 0 Å². The highest BCUT2D eigenvalue weighted by atomic mass is 32.2. The molecule has 1 aliphatic rings. The van der Waals surface area contributed by atoms with Crippen molar-refractivity contribution in [2.24, 2.45) is 5.10 Å². The first-order valence-corrected chi connectivity index (χ1v) is 5.99. The van der Waals surface area contributed by atoms with E-state index in [-0.39, 0.29) is 5.91 Å². The maximum Gasteiger partial charge on any atom is 0.258 e. The Morgan fingerprint density at radius 1 is 1.22 bits per heavy atom. The average Bonchev–Trinajstić information content (AvgIpc) is 3.01. The normalized spacial score (nSPS) is 14.4. The third-order valence-electron chi connectivity index (χ3n) is 2.28. The Labute approximate surface area is 107 Å². The highest BCUT2D eigenvalue weighted by molar-refractivity contribution is 7.97. The van der Waals surface area contributed by atoms with Crippen LogP contribution in [-0.4, -0.2) is 36.7 Å². The molecule has 0 spiro atoms. The lowest BCUT2D eigenvalue weighted by Gasteiger charge is -2.09. The third kappa shape index (κ3) is 1.97. The van der Waals surface area contributed by atoms with E-state index >= 15 is 0 Å². The molecule has 0 saturated heterocycles. The van der Waals surface area contributed by atoms with Gasteiger partial charge in [0, 0.05) is 6.21 Å². The van der Waals surface area contributed by atoms with Gasteiger partial charge in [0.15, 0.2) is 0 Å². The van der Waals surface area contributed by atoms with Crippen LogP contribution in [0.1, 0.15) is 6.42 Å². The van der Waals surface area contributed by atoms with Gasteiger partial charge in [0.25, 0.3) is 5.91 Å². The molecule has 0 bridgehead atoms. The van der Waals surface area contributed by atoms with E-state index in [9.17, 15) is 4.79 Å². The number of nitrogens with zero attached hydrogens (tertiary/aromatic N) is 6. The summed E-state index contributed by atoms with van der Waals surface area (Å²) in [5.74, 6) is -0.0809. The van der Waals surface area contributed by atoms with Crippen molar-refractivity contribution in [1.29, 1.82) is 0 Å². The number of hydrogen-bond donors (Lipinski definition) is 0. The molecule has 2 aromatic rings. The minimum absolute atomic E-state index is 0.0809. The van der Waals surface area contributed by atoms with Crippen LogP contribution in [0.4, 0.5) is 0 Å². The zero-order chi connectivity index (χ0) is 12.4. The predicted octanol–water partition coefficient (Wildman–Crippen LogP) is 0.887. The second kappa shape index (κ2) is 4.57. The summed E-state index contributed by atoms with van der Waals surface area (Å²) in [6.07, 6.45) is 1.88. The number of hydrogen-bond acceptors (Lipinski definition) is 6. The van der Waals surface area contributed by atoms with Crippen LogP contribution in [0, 0.1) is 0 Å². The van der Waals surface area contributed by atoms with E-state index in [1.165, 1.54) is 4.41 Å². The summed E-state index contributed by atoms with van der Waals surface area (Å²) in [4.78, 5) is 11.5. The Bertz CT molecular complexity index is 595. The van der Waals surface area contributed by atoms with Crippen molar-refractivity contribution in [2.75, 3.05) is 0 Å². The van der Waals surface area contributed by atoms with Crippen LogP contribution in [-0.2, 0) is 4.79 Å². The van der Waals surface area contributed by atoms with Gasteiger partial charge in [-0.15, -0.1) is 0 Å². The van der Waals surface area contributed by atoms with E-state index in [1.807, 2.05) is 30.3 Å². The Morgan fingerprint density at radius 2 is 2.06 bits per heavy atom. The lowest BCUT2D eigenvalue weighted by molar-refractivity contribution is -0.123. The van der Waals surface area contributed by atoms with Gasteiger partial charge in [-0.3, -0.25) is 4.79 Å². The van der Waals surface area contributed by atoms with Crippen molar-refractivity contribution < 1.29 is 4.79 Å². The Balaban J connectivity index is 1.88. The van der Waals surface area contributed by atoms with Crippen LogP contribution in [0.5, 0.6) is 0 Å². The van der Waals surface area contributed by atoms with Gasteiger partial charge >= 0.3 is 0 Å². The van der Waals surface area contributed by atoms with E-state index in [0.717, 1.165) is 17.6 Å². The van der Waals surface area contributed by atoms with Gasteiger partial charge in [-0.1, -0.05) is 23.3 Å². The molecule has 7 nitrogen and oxygen atoms in total. The lowest BCUT2D eigenvalue weighted by atomic mass is 10.3. The number of para-hydroxylation sites is 1. The van der Waals surface area contributed by atoms with Crippen molar-refractivity contribution in [3.63, 3.8) is 0 Å². The van der Waals surface area contributed by atoms with Gasteiger partial charge in [-0.25, -0.2) is 0 Å². The molecule has 1 aromatic heterocycles. The van der Waals surface area contributed by atoms with Gasteiger partial charge in [0.1, 0.15) is 0 Å². The minimum atomic E-state index is -0.0809. The van der Waals surface area contributed by atoms with E-state index < -0.39 is 0 Å². The first-order valence-electron chi connectivity index (χ1n) is 5.22. The fourth-order valence-electron chi connectivity index (χ4n) is 1.45. The smallest absolute Gasteiger partial charge is 0.258 e. The number of amides is 1. The highest BCUT2D eigenvalue weighted by Crippen LogP contribution is 2.24. The number of benzene rings is 1. The topological polar surface area (TPSA) is 76.3 Å². The molecular weight excluding hydrogens is 252 g/mol. The summed E-state index contributed by atoms with van der Waals surface area (Å²) in [6, 6.07) is 9.47. The quantitative estimate of drug-likeness (QED) is 0.766. The van der Waals surface area contributed by atoms with Crippen LogP contribution in [0.15, 0.2) is 40.6 Å². The molecule has 0 N–H and O–H groups in total. The molecule has 1 amide bonds. The maximum atomic E-state index is 11.5. The molecule has 0 unspecified atom stereocenters. The molecular formula is C10H8N6OS. The molecule has 90 valence electrons. The summed E-state index contributed by atoms with van der Waals surface area (Å²) in [7, 11) is 0. The SMILES string of the molecule is O=C1CC=NN1Sc1nnnn1-c1ccccc1. The highest BCUT2D eigenvalue weighted by Gasteiger charge is 2.21. The molecule has 0 saturated carbocycles. The molecule has 2 heterocycles. The van der Waals surface area contributed by atoms with Gasteiger partial charge in [-0.2, -0.15) is 14.2 Å². The number of aromatic nitrogens is 4. The monoisotopic (exact) mass is 260 g/mol. The molecule has 0 radical (unpaired) electrons. The van der Waals surface area contributed by atoms with Crippen molar-refractivity contribution in [3.8, 4) is 5.69 Å². The van der Waals surface area contributed by atoms with Crippen LogP contribution in [0.3, 0.4) is 0 Å². The molecule has 3 rings (SSSR count). The second-order valence-corrected chi connectivity index (χ2v) is 4.36. The van der Waals surface area contributed by atoms with Crippen LogP contribution < -0.4 is 0 Å². The van der Waals surface area contributed by atoms with Crippen molar-refractivity contribution in [1.82, 2.24) is 24.6 Å². The van der Waals surface area contributed by atoms with Gasteiger partial charge < -0.3 is 0 Å². The van der Waals surface area contributed by atoms with Gasteiger partial charge in [0.05, 0.1) is 24.1 Å². The summed E-state index contributed by atoms with van der Waals surface area (Å²) < 4.78 is 2.84. The molecule has 0 fully saturated rings. The summed E-state index contributed by atoms with van der Waals surface area (Å²) >= 11 is 1.10. The number of carbonyl (C=O) groups is 1. The fraction of sp³-hybridized carbons (Fsp3) is 0.100. The van der Waals surface area contributed by atoms with E-state index in [0.29, 0.717) is 11.6 Å². The lowest BCUT2D eigenvalue weighted by Crippen LogP contribution is -2.13. The van der Waals surface area contributed by atoms with Crippen molar-refractivity contribution in [2.45, 2.75) is 11.6 Å². The van der Waals surface area contributed by atoms with E-state index in [2.05, 4.69) is 20.6 Å². The van der Waals surface area contributed by atoms with Crippen LogP contribution in [0.25, 0.3) is 5.69 Å². The number of carbonyl (C=O) groups excluding carboxylic acids is 1. The minimum Gasteiger partial charge on any atom is -0.272 e. The average molecular weight is 260 g/mol. The third-order valence-corrected chi connectivity index (χ3v) is 3.16. The van der Waals surface area contributed by atoms with Gasteiger partial charge in [0.2, 0.25) is 5.16 Å². The molecule has 0 atom stereocenters. The largest absolute Gasteiger partial charge is 0.272 e. The van der Waals surface area contributed by atoms with Crippen molar-refractivity contribution in [3.05, 3.63) is 30.3 Å². The van der Waals surface area contributed by atoms with Gasteiger partial charge in [-0.05, 0) is 22.6 Å². The Hall–Kier alpha value is -2.22. The summed E-state index contributed by atoms with van der Waals surface area (Å²) in [5, 5.41) is 15.8.